The first-order valence-corrected chi connectivity index (χ1v) is 7.58. The number of piperidine rings is 1. The number of halogens is 1. The maximum atomic E-state index is 10.3. The van der Waals surface area contributed by atoms with E-state index in [9.17, 15) is 5.11 Å². The van der Waals surface area contributed by atoms with Crippen LogP contribution in [0.5, 0.6) is 0 Å². The molecule has 1 aliphatic heterocycles. The second kappa shape index (κ2) is 7.33. The highest BCUT2D eigenvalue weighted by Crippen LogP contribution is 2.38. The lowest BCUT2D eigenvalue weighted by atomic mass is 9.79. The molecule has 0 aliphatic carbocycles. The van der Waals surface area contributed by atoms with Crippen molar-refractivity contribution in [1.29, 1.82) is 0 Å². The number of ether oxygens (including phenoxy) is 1. The Morgan fingerprint density at radius 1 is 1.24 bits per heavy atom. The van der Waals surface area contributed by atoms with Gasteiger partial charge in [0.2, 0.25) is 0 Å². The van der Waals surface area contributed by atoms with Gasteiger partial charge in [0.05, 0.1) is 12.7 Å². The summed E-state index contributed by atoms with van der Waals surface area (Å²) in [4.78, 5) is 2.42. The predicted molar refractivity (Wildman–Crippen MR) is 90.8 cm³/mol. The minimum Gasteiger partial charge on any atom is -0.389 e. The molecular weight excluding hydrogens is 286 g/mol. The van der Waals surface area contributed by atoms with Crippen LogP contribution in [0.1, 0.15) is 60.8 Å². The molecular formula is C17H32ClNO2. The van der Waals surface area contributed by atoms with Crippen LogP contribution >= 0.6 is 12.4 Å². The highest BCUT2D eigenvalue weighted by Gasteiger charge is 2.41. The SMILES string of the molecule is C#CC(C)(C)OCC(O)CN1C(C)(C)CCCC1(C)C.Cl. The first-order valence-electron chi connectivity index (χ1n) is 7.58. The molecule has 1 unspecified atom stereocenters. The molecule has 1 fully saturated rings. The van der Waals surface area contributed by atoms with Crippen molar-refractivity contribution in [2.45, 2.75) is 83.6 Å². The van der Waals surface area contributed by atoms with Crippen molar-refractivity contribution in [2.24, 2.45) is 0 Å². The van der Waals surface area contributed by atoms with Crippen LogP contribution in [-0.4, -0.2) is 45.9 Å². The number of β-amino-alcohol motifs (C(OH)–C–C–N with tert-alkyl or cyclic N) is 1. The number of rotatable bonds is 5. The zero-order valence-corrected chi connectivity index (χ0v) is 15.2. The fourth-order valence-electron chi connectivity index (χ4n) is 3.15. The molecule has 0 aromatic heterocycles. The lowest BCUT2D eigenvalue weighted by Gasteiger charge is -2.53. The average Bonchev–Trinajstić information content (AvgIpc) is 2.31. The fraction of sp³-hybridized carbons (Fsp3) is 0.882. The minimum atomic E-state index is -0.617. The Kier molecular flexibility index (Phi) is 7.24. The molecule has 1 atom stereocenters. The molecule has 1 heterocycles. The van der Waals surface area contributed by atoms with Crippen LogP contribution in [0, 0.1) is 12.3 Å². The maximum absolute atomic E-state index is 10.3. The lowest BCUT2D eigenvalue weighted by molar-refractivity contribution is -0.0843. The van der Waals surface area contributed by atoms with E-state index in [4.69, 9.17) is 11.2 Å². The Hall–Kier alpha value is -0.270. The number of aliphatic hydroxyl groups is 1. The monoisotopic (exact) mass is 317 g/mol. The van der Waals surface area contributed by atoms with Crippen molar-refractivity contribution in [3.63, 3.8) is 0 Å². The van der Waals surface area contributed by atoms with E-state index in [0.29, 0.717) is 6.54 Å². The number of nitrogens with zero attached hydrogens (tertiary/aromatic N) is 1. The zero-order valence-electron chi connectivity index (χ0n) is 14.4. The summed E-state index contributed by atoms with van der Waals surface area (Å²) in [5, 5.41) is 10.3. The van der Waals surface area contributed by atoms with Gasteiger partial charge in [-0.15, -0.1) is 18.8 Å². The molecule has 1 aliphatic rings. The lowest BCUT2D eigenvalue weighted by Crippen LogP contribution is -2.60. The molecule has 4 heteroatoms. The standard InChI is InChI=1S/C17H31NO2.ClH/c1-8-17(6,7)20-13-14(19)12-18-15(2,3)10-9-11-16(18,4)5;/h1,14,19H,9-13H2,2-7H3;1H. The van der Waals surface area contributed by atoms with Gasteiger partial charge in [0.1, 0.15) is 5.60 Å². The van der Waals surface area contributed by atoms with Crippen molar-refractivity contribution < 1.29 is 9.84 Å². The third-order valence-electron chi connectivity index (χ3n) is 4.42. The van der Waals surface area contributed by atoms with Gasteiger partial charge in [0.25, 0.3) is 0 Å². The Morgan fingerprint density at radius 3 is 2.14 bits per heavy atom. The average molecular weight is 318 g/mol. The molecule has 1 rings (SSSR count). The van der Waals surface area contributed by atoms with E-state index in [1.165, 1.54) is 19.3 Å². The van der Waals surface area contributed by atoms with Crippen LogP contribution in [0.25, 0.3) is 0 Å². The first-order chi connectivity index (χ1) is 9.00. The molecule has 0 aromatic rings. The fourth-order valence-corrected chi connectivity index (χ4v) is 3.15. The summed E-state index contributed by atoms with van der Waals surface area (Å²) in [5.74, 6) is 2.59. The normalized spacial score (nSPS) is 23.0. The smallest absolute Gasteiger partial charge is 0.122 e. The second-order valence-corrected chi connectivity index (χ2v) is 7.71. The second-order valence-electron chi connectivity index (χ2n) is 7.71. The highest BCUT2D eigenvalue weighted by molar-refractivity contribution is 5.85. The van der Waals surface area contributed by atoms with Gasteiger partial charge in [-0.25, -0.2) is 0 Å². The Bertz CT molecular complexity index is 355. The number of hydrogen-bond acceptors (Lipinski definition) is 3. The van der Waals surface area contributed by atoms with Crippen LogP contribution in [0.4, 0.5) is 0 Å². The predicted octanol–water partition coefficient (Wildman–Crippen LogP) is 3.24. The highest BCUT2D eigenvalue weighted by atomic mass is 35.5. The van der Waals surface area contributed by atoms with Gasteiger partial charge in [-0.1, -0.05) is 5.92 Å². The van der Waals surface area contributed by atoms with Crippen molar-refractivity contribution >= 4 is 12.4 Å². The van der Waals surface area contributed by atoms with Gasteiger partial charge in [0, 0.05) is 17.6 Å². The molecule has 21 heavy (non-hydrogen) atoms. The van der Waals surface area contributed by atoms with E-state index < -0.39 is 11.7 Å². The maximum Gasteiger partial charge on any atom is 0.122 e. The van der Waals surface area contributed by atoms with Crippen LogP contribution < -0.4 is 0 Å². The number of aliphatic hydroxyl groups excluding tert-OH is 1. The first kappa shape index (κ1) is 20.7. The quantitative estimate of drug-likeness (QED) is 0.790. The van der Waals surface area contributed by atoms with Crippen molar-refractivity contribution in [3.05, 3.63) is 0 Å². The molecule has 0 radical (unpaired) electrons. The molecule has 0 aromatic carbocycles. The van der Waals surface area contributed by atoms with Gasteiger partial charge in [-0.2, -0.15) is 0 Å². The Morgan fingerprint density at radius 2 is 1.71 bits per heavy atom. The third-order valence-corrected chi connectivity index (χ3v) is 4.42. The molecule has 0 bridgehead atoms. The molecule has 0 saturated carbocycles. The summed E-state index contributed by atoms with van der Waals surface area (Å²) in [7, 11) is 0. The van der Waals surface area contributed by atoms with E-state index in [1.807, 2.05) is 13.8 Å². The zero-order chi connectivity index (χ0) is 15.6. The van der Waals surface area contributed by atoms with Gasteiger partial charge < -0.3 is 9.84 Å². The van der Waals surface area contributed by atoms with Gasteiger partial charge in [0.15, 0.2) is 0 Å². The summed E-state index contributed by atoms with van der Waals surface area (Å²) in [6.07, 6.45) is 8.46. The molecule has 1 N–H and O–H groups in total. The summed E-state index contributed by atoms with van der Waals surface area (Å²) in [6.45, 7) is 13.6. The molecule has 0 spiro atoms. The topological polar surface area (TPSA) is 32.7 Å². The molecule has 3 nitrogen and oxygen atoms in total. The van der Waals surface area contributed by atoms with E-state index in [0.717, 1.165) is 0 Å². The Balaban J connectivity index is 0.00000400. The van der Waals surface area contributed by atoms with E-state index in [2.05, 4.69) is 38.5 Å². The van der Waals surface area contributed by atoms with Gasteiger partial charge in [-0.3, -0.25) is 4.90 Å². The van der Waals surface area contributed by atoms with Crippen molar-refractivity contribution in [1.82, 2.24) is 4.90 Å². The third kappa shape index (κ3) is 5.79. The summed E-state index contributed by atoms with van der Waals surface area (Å²) >= 11 is 0. The summed E-state index contributed by atoms with van der Waals surface area (Å²) < 4.78 is 5.61. The van der Waals surface area contributed by atoms with Gasteiger partial charge >= 0.3 is 0 Å². The minimum absolute atomic E-state index is 0. The van der Waals surface area contributed by atoms with Crippen LogP contribution in [-0.2, 0) is 4.74 Å². The summed E-state index contributed by atoms with van der Waals surface area (Å²) in [5.41, 5.74) is -0.386. The number of likely N-dealkylation sites (tertiary alicyclic amines) is 1. The van der Waals surface area contributed by atoms with Crippen LogP contribution in [0.15, 0.2) is 0 Å². The van der Waals surface area contributed by atoms with E-state index in [1.54, 1.807) is 0 Å². The molecule has 1 saturated heterocycles. The van der Waals surface area contributed by atoms with E-state index >= 15 is 0 Å². The van der Waals surface area contributed by atoms with Crippen LogP contribution in [0.2, 0.25) is 0 Å². The van der Waals surface area contributed by atoms with Crippen LogP contribution in [0.3, 0.4) is 0 Å². The van der Waals surface area contributed by atoms with Crippen molar-refractivity contribution in [2.75, 3.05) is 13.2 Å². The number of terminal acetylenes is 1. The molecule has 124 valence electrons. The molecule has 0 amide bonds. The number of hydrogen-bond donors (Lipinski definition) is 1. The van der Waals surface area contributed by atoms with Gasteiger partial charge in [-0.05, 0) is 60.8 Å². The van der Waals surface area contributed by atoms with Crippen molar-refractivity contribution in [3.8, 4) is 12.3 Å². The Labute approximate surface area is 136 Å². The largest absolute Gasteiger partial charge is 0.389 e. The summed E-state index contributed by atoms with van der Waals surface area (Å²) in [6, 6.07) is 0. The van der Waals surface area contributed by atoms with E-state index in [-0.39, 0.29) is 30.1 Å².